The highest BCUT2D eigenvalue weighted by Gasteiger charge is 2.44. The number of nitrogens with one attached hydrogen (secondary N) is 3. The van der Waals surface area contributed by atoms with Crippen molar-refractivity contribution in [1.29, 1.82) is 0 Å². The Labute approximate surface area is 183 Å². The monoisotopic (exact) mass is 444 g/mol. The molecule has 12 heteroatoms. The maximum atomic E-state index is 13.3. The average molecular weight is 444 g/mol. The van der Waals surface area contributed by atoms with Crippen molar-refractivity contribution in [3.8, 4) is 0 Å². The Hall–Kier alpha value is -3.83. The predicted molar refractivity (Wildman–Crippen MR) is 109 cm³/mol. The molecule has 0 unspecified atom stereocenters. The third-order valence-corrected chi connectivity index (χ3v) is 5.44. The van der Waals surface area contributed by atoms with Crippen LogP contribution in [0.2, 0.25) is 0 Å². The van der Waals surface area contributed by atoms with E-state index in [1.54, 1.807) is 30.3 Å². The highest BCUT2D eigenvalue weighted by Crippen LogP contribution is 2.24. The number of hydrogen-bond acceptors (Lipinski definition) is 6. The van der Waals surface area contributed by atoms with Gasteiger partial charge in [0.25, 0.3) is 0 Å². The number of anilines is 1. The summed E-state index contributed by atoms with van der Waals surface area (Å²) >= 11 is 0. The lowest BCUT2D eigenvalue weighted by molar-refractivity contribution is -0.155. The van der Waals surface area contributed by atoms with E-state index in [1.165, 1.54) is 5.01 Å². The molecule has 12 nitrogen and oxygen atoms in total. The van der Waals surface area contributed by atoms with Crippen molar-refractivity contribution < 1.29 is 28.7 Å². The van der Waals surface area contributed by atoms with Crippen LogP contribution in [0.3, 0.4) is 0 Å². The lowest BCUT2D eigenvalue weighted by atomic mass is 10.1. The first-order valence-corrected chi connectivity index (χ1v) is 10.4. The van der Waals surface area contributed by atoms with E-state index < -0.39 is 36.0 Å². The molecule has 3 fully saturated rings. The molecule has 6 amide bonds. The van der Waals surface area contributed by atoms with Crippen molar-refractivity contribution in [2.45, 2.75) is 37.8 Å². The minimum atomic E-state index is -0.949. The molecule has 3 aliphatic heterocycles. The van der Waals surface area contributed by atoms with E-state index in [4.69, 9.17) is 4.74 Å². The van der Waals surface area contributed by atoms with Gasteiger partial charge >= 0.3 is 18.0 Å². The minimum absolute atomic E-state index is 0.00678. The molecular formula is C20H24N6O6. The molecule has 32 heavy (non-hydrogen) atoms. The smallest absolute Gasteiger partial charge is 0.358 e. The van der Waals surface area contributed by atoms with Gasteiger partial charge in [-0.15, -0.1) is 0 Å². The zero-order valence-electron chi connectivity index (χ0n) is 17.3. The summed E-state index contributed by atoms with van der Waals surface area (Å²) in [4.78, 5) is 62.6. The van der Waals surface area contributed by atoms with Gasteiger partial charge in [-0.3, -0.25) is 14.4 Å². The van der Waals surface area contributed by atoms with Gasteiger partial charge in [-0.2, -0.15) is 0 Å². The lowest BCUT2D eigenvalue weighted by Crippen LogP contribution is -2.64. The molecule has 3 heterocycles. The van der Waals surface area contributed by atoms with Crippen molar-refractivity contribution in [2.24, 2.45) is 0 Å². The summed E-state index contributed by atoms with van der Waals surface area (Å²) in [6.07, 6.45) is 0.929. The number of ether oxygens (including phenoxy) is 1. The molecule has 3 saturated heterocycles. The third-order valence-electron chi connectivity index (χ3n) is 5.44. The average Bonchev–Trinajstić information content (AvgIpc) is 3.15. The number of fused-ring (bicyclic) bond motifs is 1. The van der Waals surface area contributed by atoms with Crippen LogP contribution in [0.15, 0.2) is 30.3 Å². The number of nitrogens with zero attached hydrogens (tertiary/aromatic N) is 3. The van der Waals surface area contributed by atoms with Crippen LogP contribution in [0.25, 0.3) is 0 Å². The van der Waals surface area contributed by atoms with Gasteiger partial charge < -0.3 is 15.4 Å². The molecule has 170 valence electrons. The molecule has 0 aliphatic carbocycles. The van der Waals surface area contributed by atoms with Gasteiger partial charge in [0.15, 0.2) is 0 Å². The second kappa shape index (κ2) is 9.12. The molecule has 0 radical (unpaired) electrons. The number of para-hydroxylation sites is 1. The zero-order valence-corrected chi connectivity index (χ0v) is 17.3. The van der Waals surface area contributed by atoms with E-state index in [-0.39, 0.29) is 31.9 Å². The SMILES string of the molecule is O=C(Nc1ccccc1)NN1CCC(=O)N2CCC[C@@H](C(=O)N[C@@H]3COC(=O)C3)N2C1=O. The van der Waals surface area contributed by atoms with E-state index in [9.17, 15) is 24.0 Å². The number of carbonyl (C=O) groups excluding carboxylic acids is 5. The Morgan fingerprint density at radius 2 is 1.84 bits per heavy atom. The first-order chi connectivity index (χ1) is 15.4. The Kier molecular flexibility index (Phi) is 6.10. The number of rotatable bonds is 4. The van der Waals surface area contributed by atoms with Gasteiger partial charge in [0.05, 0.1) is 19.0 Å². The van der Waals surface area contributed by atoms with E-state index in [0.717, 1.165) is 10.0 Å². The first-order valence-electron chi connectivity index (χ1n) is 10.4. The maximum Gasteiger partial charge on any atom is 0.358 e. The minimum Gasteiger partial charge on any atom is -0.463 e. The van der Waals surface area contributed by atoms with Gasteiger partial charge in [0.1, 0.15) is 12.6 Å². The second-order valence-corrected chi connectivity index (χ2v) is 7.73. The standard InChI is InChI=1S/C20H24N6O6/c27-16-8-10-24(23-19(30)22-13-5-2-1-3-6-13)20(31)26-15(7-4-9-25(16)26)18(29)21-14-11-17(28)32-12-14/h1-3,5-6,14-15H,4,7-12H2,(H,21,29)(H2,22,23,30)/t14-,15-/m0/s1. The number of carbonyl (C=O) groups is 5. The molecular weight excluding hydrogens is 420 g/mol. The molecule has 3 aliphatic rings. The van der Waals surface area contributed by atoms with E-state index >= 15 is 0 Å². The molecule has 0 saturated carbocycles. The highest BCUT2D eigenvalue weighted by molar-refractivity contribution is 5.94. The maximum absolute atomic E-state index is 13.3. The first kappa shape index (κ1) is 21.4. The van der Waals surface area contributed by atoms with Crippen molar-refractivity contribution in [3.63, 3.8) is 0 Å². The normalized spacial score (nSPS) is 23.2. The molecule has 0 spiro atoms. The molecule has 0 bridgehead atoms. The fraction of sp³-hybridized carbons (Fsp3) is 0.450. The summed E-state index contributed by atoms with van der Waals surface area (Å²) in [5, 5.41) is 8.74. The van der Waals surface area contributed by atoms with Gasteiger partial charge in [0.2, 0.25) is 11.8 Å². The summed E-state index contributed by atoms with van der Waals surface area (Å²) < 4.78 is 4.87. The van der Waals surface area contributed by atoms with Gasteiger partial charge in [-0.25, -0.2) is 30.0 Å². The van der Waals surface area contributed by atoms with Crippen molar-refractivity contribution in [2.75, 3.05) is 25.0 Å². The van der Waals surface area contributed by atoms with Crippen molar-refractivity contribution in [1.82, 2.24) is 25.8 Å². The summed E-state index contributed by atoms with van der Waals surface area (Å²) in [5.74, 6) is -1.20. The Bertz CT molecular complexity index is 924. The molecule has 2 atom stereocenters. The predicted octanol–water partition coefficient (Wildman–Crippen LogP) is 0.189. The van der Waals surface area contributed by atoms with Crippen molar-refractivity contribution >= 4 is 35.5 Å². The van der Waals surface area contributed by atoms with Crippen LogP contribution >= 0.6 is 0 Å². The zero-order chi connectivity index (χ0) is 22.7. The van der Waals surface area contributed by atoms with Crippen LogP contribution in [0, 0.1) is 0 Å². The number of hydrazine groups is 2. The van der Waals surface area contributed by atoms with Crippen LogP contribution in [0.1, 0.15) is 25.7 Å². The van der Waals surface area contributed by atoms with Crippen molar-refractivity contribution in [3.05, 3.63) is 30.3 Å². The van der Waals surface area contributed by atoms with Crippen LogP contribution in [0.5, 0.6) is 0 Å². The van der Waals surface area contributed by atoms with E-state index in [1.807, 2.05) is 0 Å². The Balaban J connectivity index is 1.47. The number of hydrogen-bond donors (Lipinski definition) is 3. The Morgan fingerprint density at radius 3 is 2.56 bits per heavy atom. The van der Waals surface area contributed by atoms with Gasteiger partial charge in [0, 0.05) is 18.7 Å². The number of amides is 6. The number of benzene rings is 1. The molecule has 1 aromatic carbocycles. The lowest BCUT2D eigenvalue weighted by Gasteiger charge is -2.42. The molecule has 4 rings (SSSR count). The number of urea groups is 2. The van der Waals surface area contributed by atoms with E-state index in [0.29, 0.717) is 25.1 Å². The number of cyclic esters (lactones) is 1. The largest absolute Gasteiger partial charge is 0.463 e. The molecule has 3 N–H and O–H groups in total. The van der Waals surface area contributed by atoms with Crippen LogP contribution in [-0.4, -0.2) is 76.7 Å². The van der Waals surface area contributed by atoms with Crippen LogP contribution in [-0.2, 0) is 19.1 Å². The highest BCUT2D eigenvalue weighted by atomic mass is 16.5. The second-order valence-electron chi connectivity index (χ2n) is 7.73. The number of esters is 1. The summed E-state index contributed by atoms with van der Waals surface area (Å²) in [6.45, 7) is 0.330. The summed E-state index contributed by atoms with van der Waals surface area (Å²) in [7, 11) is 0. The molecule has 1 aromatic rings. The summed E-state index contributed by atoms with van der Waals surface area (Å²) in [5.41, 5.74) is 3.00. The van der Waals surface area contributed by atoms with Gasteiger partial charge in [-0.1, -0.05) is 18.2 Å². The fourth-order valence-corrected chi connectivity index (χ4v) is 3.92. The topological polar surface area (TPSA) is 140 Å². The Morgan fingerprint density at radius 1 is 1.06 bits per heavy atom. The van der Waals surface area contributed by atoms with E-state index in [2.05, 4.69) is 16.1 Å². The van der Waals surface area contributed by atoms with Crippen LogP contribution < -0.4 is 16.1 Å². The van der Waals surface area contributed by atoms with Gasteiger partial charge in [-0.05, 0) is 25.0 Å². The van der Waals surface area contributed by atoms with Crippen LogP contribution in [0.4, 0.5) is 15.3 Å². The molecule has 0 aromatic heterocycles. The third kappa shape index (κ3) is 4.58. The summed E-state index contributed by atoms with van der Waals surface area (Å²) in [6, 6.07) is 5.94. The fourth-order valence-electron chi connectivity index (χ4n) is 3.92. The quantitative estimate of drug-likeness (QED) is 0.567.